The Morgan fingerprint density at radius 1 is 0.765 bits per heavy atom. The smallest absolute Gasteiger partial charge is 0.0342 e. The molecule has 0 aromatic heterocycles. The van der Waals surface area contributed by atoms with Gasteiger partial charge < -0.3 is 0 Å². The van der Waals surface area contributed by atoms with E-state index < -0.39 is 0 Å². The molecular formula is C14H28Cl2S. The summed E-state index contributed by atoms with van der Waals surface area (Å²) >= 11 is 14.1. The second-order valence-electron chi connectivity index (χ2n) is 4.68. The van der Waals surface area contributed by atoms with Crippen LogP contribution in [0.3, 0.4) is 0 Å². The molecule has 17 heavy (non-hydrogen) atoms. The highest BCUT2D eigenvalue weighted by atomic mass is 35.5. The average molecular weight is 299 g/mol. The molecule has 0 bridgehead atoms. The second kappa shape index (κ2) is 13.4. The van der Waals surface area contributed by atoms with Gasteiger partial charge in [0.15, 0.2) is 0 Å². The highest BCUT2D eigenvalue weighted by Crippen LogP contribution is 2.28. The molecule has 0 rings (SSSR count). The topological polar surface area (TPSA) is 0 Å². The molecular weight excluding hydrogens is 271 g/mol. The highest BCUT2D eigenvalue weighted by molar-refractivity contribution is 8.00. The quantitative estimate of drug-likeness (QED) is 0.310. The Kier molecular flexibility index (Phi) is 14.1. The van der Waals surface area contributed by atoms with Crippen LogP contribution in [0.15, 0.2) is 0 Å². The maximum Gasteiger partial charge on any atom is 0.0342 e. The minimum atomic E-state index is 0.605. The van der Waals surface area contributed by atoms with Gasteiger partial charge in [-0.1, -0.05) is 52.4 Å². The van der Waals surface area contributed by atoms with E-state index >= 15 is 0 Å². The van der Waals surface area contributed by atoms with Gasteiger partial charge in [0.1, 0.15) is 0 Å². The molecule has 0 aliphatic heterocycles. The second-order valence-corrected chi connectivity index (χ2v) is 6.90. The monoisotopic (exact) mass is 298 g/mol. The molecule has 0 radical (unpaired) electrons. The van der Waals surface area contributed by atoms with E-state index in [-0.39, 0.29) is 0 Å². The first-order valence-corrected chi connectivity index (χ1v) is 9.06. The summed E-state index contributed by atoms with van der Waals surface area (Å²) in [5.41, 5.74) is 0. The number of halogens is 2. The van der Waals surface area contributed by atoms with Crippen molar-refractivity contribution >= 4 is 35.0 Å². The Morgan fingerprint density at radius 2 is 1.18 bits per heavy atom. The number of unbranched alkanes of at least 4 members (excludes halogenated alkanes) is 4. The lowest BCUT2D eigenvalue weighted by molar-refractivity contribution is 0.651. The van der Waals surface area contributed by atoms with Gasteiger partial charge in [-0.25, -0.2) is 0 Å². The van der Waals surface area contributed by atoms with Crippen LogP contribution < -0.4 is 0 Å². The van der Waals surface area contributed by atoms with Crippen LogP contribution in [0.1, 0.15) is 65.2 Å². The first-order chi connectivity index (χ1) is 8.28. The fourth-order valence-corrected chi connectivity index (χ4v) is 3.92. The largest absolute Gasteiger partial charge is 0.153 e. The normalized spacial score (nSPS) is 14.8. The van der Waals surface area contributed by atoms with E-state index in [4.69, 9.17) is 23.2 Å². The van der Waals surface area contributed by atoms with Crippen LogP contribution in [0.4, 0.5) is 0 Å². The lowest BCUT2D eigenvalue weighted by Gasteiger charge is -2.20. The summed E-state index contributed by atoms with van der Waals surface area (Å²) in [6.07, 6.45) is 10.4. The highest BCUT2D eigenvalue weighted by Gasteiger charge is 2.15. The van der Waals surface area contributed by atoms with Crippen molar-refractivity contribution in [2.45, 2.75) is 75.7 Å². The molecule has 104 valence electrons. The number of hydrogen-bond donors (Lipinski definition) is 0. The van der Waals surface area contributed by atoms with Crippen molar-refractivity contribution in [2.75, 3.05) is 11.8 Å². The molecule has 0 fully saturated rings. The molecule has 0 heterocycles. The predicted molar refractivity (Wildman–Crippen MR) is 84.9 cm³/mol. The van der Waals surface area contributed by atoms with E-state index in [1.165, 1.54) is 51.4 Å². The maximum atomic E-state index is 6.04. The van der Waals surface area contributed by atoms with Crippen LogP contribution in [0.2, 0.25) is 0 Å². The van der Waals surface area contributed by atoms with Gasteiger partial charge in [-0.05, 0) is 12.8 Å². The van der Waals surface area contributed by atoms with Crippen molar-refractivity contribution in [3.8, 4) is 0 Å². The minimum absolute atomic E-state index is 0.605. The molecule has 0 saturated heterocycles. The van der Waals surface area contributed by atoms with Crippen LogP contribution in [-0.4, -0.2) is 22.3 Å². The molecule has 0 nitrogen and oxygen atoms in total. The molecule has 0 spiro atoms. The maximum absolute atomic E-state index is 6.04. The number of thioether (sulfide) groups is 1. The molecule has 0 aromatic carbocycles. The van der Waals surface area contributed by atoms with Crippen molar-refractivity contribution in [1.82, 2.24) is 0 Å². The van der Waals surface area contributed by atoms with Gasteiger partial charge in [-0.3, -0.25) is 0 Å². The van der Waals surface area contributed by atoms with Crippen LogP contribution in [-0.2, 0) is 0 Å². The zero-order valence-corrected chi connectivity index (χ0v) is 13.7. The molecule has 0 N–H and O–H groups in total. The molecule has 0 aromatic rings. The molecule has 3 heteroatoms. The Balaban J connectivity index is 3.77. The van der Waals surface area contributed by atoms with Gasteiger partial charge in [-0.2, -0.15) is 11.8 Å². The molecule has 2 atom stereocenters. The molecule has 0 aliphatic rings. The SMILES string of the molecule is CCCCCC(CCl)SC(CCl)CCCCC. The zero-order valence-electron chi connectivity index (χ0n) is 11.4. The first kappa shape index (κ1) is 17.9. The Labute approximate surface area is 122 Å². The predicted octanol–water partition coefficient (Wildman–Crippen LogP) is 6.10. The van der Waals surface area contributed by atoms with E-state index in [1.807, 2.05) is 11.8 Å². The fraction of sp³-hybridized carbons (Fsp3) is 1.00. The van der Waals surface area contributed by atoms with Crippen molar-refractivity contribution in [3.05, 3.63) is 0 Å². The standard InChI is InChI=1S/C14H28Cl2S/c1-3-5-7-9-13(11-15)17-14(12-16)10-8-6-4-2/h13-14H,3-12H2,1-2H3. The summed E-state index contributed by atoms with van der Waals surface area (Å²) in [4.78, 5) is 0. The number of rotatable bonds is 12. The summed E-state index contributed by atoms with van der Waals surface area (Å²) in [6.45, 7) is 4.49. The summed E-state index contributed by atoms with van der Waals surface area (Å²) in [7, 11) is 0. The van der Waals surface area contributed by atoms with Crippen molar-refractivity contribution in [1.29, 1.82) is 0 Å². The third-order valence-electron chi connectivity index (χ3n) is 2.99. The number of hydrogen-bond acceptors (Lipinski definition) is 1. The summed E-state index contributed by atoms with van der Waals surface area (Å²) in [5.74, 6) is 1.55. The van der Waals surface area contributed by atoms with Gasteiger partial charge in [0, 0.05) is 22.3 Å². The van der Waals surface area contributed by atoms with Gasteiger partial charge in [0.25, 0.3) is 0 Å². The van der Waals surface area contributed by atoms with Gasteiger partial charge >= 0.3 is 0 Å². The average Bonchev–Trinajstić information content (AvgIpc) is 2.36. The molecule has 0 aliphatic carbocycles. The summed E-state index contributed by atoms with van der Waals surface area (Å²) in [6, 6.07) is 0. The van der Waals surface area contributed by atoms with Crippen LogP contribution in [0.5, 0.6) is 0 Å². The summed E-state index contributed by atoms with van der Waals surface area (Å²) < 4.78 is 0. The van der Waals surface area contributed by atoms with E-state index in [0.717, 1.165) is 11.8 Å². The van der Waals surface area contributed by atoms with E-state index in [0.29, 0.717) is 10.5 Å². The van der Waals surface area contributed by atoms with E-state index in [1.54, 1.807) is 0 Å². The van der Waals surface area contributed by atoms with Crippen LogP contribution in [0, 0.1) is 0 Å². The lowest BCUT2D eigenvalue weighted by Crippen LogP contribution is -2.14. The Hall–Kier alpha value is 0.930. The Bertz CT molecular complexity index is 137. The molecule has 0 saturated carbocycles. The van der Waals surface area contributed by atoms with Crippen LogP contribution >= 0.6 is 35.0 Å². The van der Waals surface area contributed by atoms with Crippen molar-refractivity contribution in [3.63, 3.8) is 0 Å². The minimum Gasteiger partial charge on any atom is -0.153 e. The van der Waals surface area contributed by atoms with E-state index in [2.05, 4.69) is 13.8 Å². The molecule has 0 amide bonds. The van der Waals surface area contributed by atoms with Crippen LogP contribution in [0.25, 0.3) is 0 Å². The number of alkyl halides is 2. The van der Waals surface area contributed by atoms with Gasteiger partial charge in [0.2, 0.25) is 0 Å². The fourth-order valence-electron chi connectivity index (χ4n) is 1.88. The third-order valence-corrected chi connectivity index (χ3v) is 5.67. The van der Waals surface area contributed by atoms with Crippen molar-refractivity contribution in [2.24, 2.45) is 0 Å². The zero-order chi connectivity index (χ0) is 12.9. The molecule has 2 unspecified atom stereocenters. The van der Waals surface area contributed by atoms with Gasteiger partial charge in [-0.15, -0.1) is 23.2 Å². The third kappa shape index (κ3) is 10.5. The Morgan fingerprint density at radius 3 is 1.47 bits per heavy atom. The van der Waals surface area contributed by atoms with E-state index in [9.17, 15) is 0 Å². The lowest BCUT2D eigenvalue weighted by atomic mass is 10.2. The van der Waals surface area contributed by atoms with Gasteiger partial charge in [0.05, 0.1) is 0 Å². The first-order valence-electron chi connectivity index (χ1n) is 7.05. The van der Waals surface area contributed by atoms with Crippen molar-refractivity contribution < 1.29 is 0 Å². The summed E-state index contributed by atoms with van der Waals surface area (Å²) in [5, 5.41) is 1.21.